The summed E-state index contributed by atoms with van der Waals surface area (Å²) >= 11 is 0. The number of hydrogen-bond acceptors (Lipinski definition) is 3. The molecule has 0 aromatic heterocycles. The van der Waals surface area contributed by atoms with Gasteiger partial charge in [-0.25, -0.2) is 0 Å². The Balaban J connectivity index is 2.80. The van der Waals surface area contributed by atoms with Gasteiger partial charge in [0.1, 0.15) is 0 Å². The van der Waals surface area contributed by atoms with Gasteiger partial charge in [0, 0.05) is 11.8 Å². The summed E-state index contributed by atoms with van der Waals surface area (Å²) in [5, 5.41) is 0. The molecule has 0 heterocycles. The number of alkyl halides is 6. The van der Waals surface area contributed by atoms with E-state index in [0.29, 0.717) is 0 Å². The van der Waals surface area contributed by atoms with Crippen LogP contribution in [-0.4, -0.2) is 25.6 Å². The fourth-order valence-electron chi connectivity index (χ4n) is 1.08. The maximum atomic E-state index is 12.0. The van der Waals surface area contributed by atoms with Crippen LogP contribution in [0.25, 0.3) is 0 Å². The van der Waals surface area contributed by atoms with Crippen molar-refractivity contribution in [3.8, 4) is 11.5 Å². The zero-order valence-electron chi connectivity index (χ0n) is 9.31. The van der Waals surface area contributed by atoms with Crippen LogP contribution >= 0.6 is 0 Å². The van der Waals surface area contributed by atoms with Crippen molar-refractivity contribution in [3.63, 3.8) is 0 Å². The van der Waals surface area contributed by atoms with Crippen LogP contribution in [0.2, 0.25) is 0 Å². The lowest BCUT2D eigenvalue weighted by atomic mass is 10.3. The van der Waals surface area contributed by atoms with E-state index in [1.807, 2.05) is 0 Å². The van der Waals surface area contributed by atoms with Crippen LogP contribution in [-0.2, 0) is 0 Å². The van der Waals surface area contributed by atoms with Crippen LogP contribution in [0.1, 0.15) is 0 Å². The third-order valence-electron chi connectivity index (χ3n) is 1.75. The molecule has 0 atom stereocenters. The molecular weight excluding hydrogens is 280 g/mol. The van der Waals surface area contributed by atoms with E-state index in [1.165, 1.54) is 6.07 Å². The van der Waals surface area contributed by atoms with Gasteiger partial charge in [0.05, 0.1) is 0 Å². The number of rotatable bonds is 4. The Kier molecular flexibility index (Phi) is 4.38. The predicted octanol–water partition coefficient (Wildman–Crippen LogP) is 3.15. The van der Waals surface area contributed by atoms with Crippen molar-refractivity contribution >= 4 is 5.69 Å². The topological polar surface area (TPSA) is 44.5 Å². The van der Waals surface area contributed by atoms with Crippen molar-refractivity contribution in [3.05, 3.63) is 18.2 Å². The van der Waals surface area contributed by atoms with E-state index >= 15 is 0 Å². The van der Waals surface area contributed by atoms with Gasteiger partial charge in [0.15, 0.2) is 24.7 Å². The fraction of sp³-hybridized carbons (Fsp3) is 0.400. The molecule has 0 bridgehead atoms. The number of ether oxygens (including phenoxy) is 2. The second kappa shape index (κ2) is 5.45. The largest absolute Gasteiger partial charge is 0.480 e. The minimum Gasteiger partial charge on any atom is -0.480 e. The number of nitrogens with two attached hydrogens (primary N) is 1. The monoisotopic (exact) mass is 289 g/mol. The van der Waals surface area contributed by atoms with E-state index in [9.17, 15) is 26.3 Å². The molecule has 108 valence electrons. The highest BCUT2D eigenvalue weighted by atomic mass is 19.4. The molecule has 0 amide bonds. The lowest BCUT2D eigenvalue weighted by molar-refractivity contribution is -0.158. The Hall–Kier alpha value is -1.80. The van der Waals surface area contributed by atoms with Gasteiger partial charge in [-0.1, -0.05) is 0 Å². The Labute approximate surface area is 103 Å². The molecule has 0 aliphatic rings. The molecule has 0 aliphatic heterocycles. The Morgan fingerprint density at radius 2 is 1.32 bits per heavy atom. The second-order valence-electron chi connectivity index (χ2n) is 3.51. The SMILES string of the molecule is Nc1ccc(OCC(F)(F)F)c(OCC(F)(F)F)c1. The lowest BCUT2D eigenvalue weighted by Crippen LogP contribution is -2.21. The first-order valence-corrected chi connectivity index (χ1v) is 4.85. The molecular formula is C10H9F6NO2. The van der Waals surface area contributed by atoms with E-state index in [1.54, 1.807) is 0 Å². The van der Waals surface area contributed by atoms with Gasteiger partial charge in [0.25, 0.3) is 0 Å². The van der Waals surface area contributed by atoms with Gasteiger partial charge < -0.3 is 15.2 Å². The molecule has 9 heteroatoms. The molecule has 1 aromatic rings. The fourth-order valence-corrected chi connectivity index (χ4v) is 1.08. The van der Waals surface area contributed by atoms with E-state index in [2.05, 4.69) is 9.47 Å². The average Bonchev–Trinajstić information content (AvgIpc) is 2.22. The standard InChI is InChI=1S/C10H9F6NO2/c11-9(12,13)4-18-7-2-1-6(17)3-8(7)19-5-10(14,15)16/h1-3H,4-5,17H2. The summed E-state index contributed by atoms with van der Waals surface area (Å²) in [5.41, 5.74) is 5.35. The molecule has 0 unspecified atom stereocenters. The average molecular weight is 289 g/mol. The minimum absolute atomic E-state index is 0.0385. The van der Waals surface area contributed by atoms with Crippen molar-refractivity contribution < 1.29 is 35.8 Å². The predicted molar refractivity (Wildman–Crippen MR) is 54.0 cm³/mol. The highest BCUT2D eigenvalue weighted by Gasteiger charge is 2.31. The zero-order valence-corrected chi connectivity index (χ0v) is 9.31. The van der Waals surface area contributed by atoms with Gasteiger partial charge in [-0.15, -0.1) is 0 Å². The molecule has 0 radical (unpaired) electrons. The first-order chi connectivity index (χ1) is 8.57. The third kappa shape index (κ3) is 6.07. The molecule has 0 fully saturated rings. The Morgan fingerprint density at radius 3 is 1.79 bits per heavy atom. The van der Waals surface area contributed by atoms with Gasteiger partial charge in [-0.05, 0) is 12.1 Å². The maximum Gasteiger partial charge on any atom is 0.422 e. The molecule has 2 N–H and O–H groups in total. The number of anilines is 1. The van der Waals surface area contributed by atoms with Crippen LogP contribution in [0.3, 0.4) is 0 Å². The summed E-state index contributed by atoms with van der Waals surface area (Å²) in [6.07, 6.45) is -9.23. The Bertz CT molecular complexity index is 429. The van der Waals surface area contributed by atoms with Crippen molar-refractivity contribution in [2.45, 2.75) is 12.4 Å². The summed E-state index contributed by atoms with van der Waals surface area (Å²) < 4.78 is 80.5. The molecule has 0 saturated heterocycles. The molecule has 3 nitrogen and oxygen atoms in total. The minimum atomic E-state index is -4.62. The van der Waals surface area contributed by atoms with E-state index in [0.717, 1.165) is 12.1 Å². The first kappa shape index (κ1) is 15.3. The summed E-state index contributed by atoms with van der Waals surface area (Å²) in [6, 6.07) is 3.15. The second-order valence-corrected chi connectivity index (χ2v) is 3.51. The molecule has 1 aromatic carbocycles. The van der Waals surface area contributed by atoms with Gasteiger partial charge in [0.2, 0.25) is 0 Å². The summed E-state index contributed by atoms with van der Waals surface area (Å²) in [7, 11) is 0. The first-order valence-electron chi connectivity index (χ1n) is 4.85. The lowest BCUT2D eigenvalue weighted by Gasteiger charge is -2.15. The van der Waals surface area contributed by atoms with E-state index < -0.39 is 37.1 Å². The third-order valence-corrected chi connectivity index (χ3v) is 1.75. The smallest absolute Gasteiger partial charge is 0.422 e. The number of benzene rings is 1. The quantitative estimate of drug-likeness (QED) is 0.684. The van der Waals surface area contributed by atoms with Crippen LogP contribution < -0.4 is 15.2 Å². The summed E-state index contributed by atoms with van der Waals surface area (Å²) in [4.78, 5) is 0. The van der Waals surface area contributed by atoms with Crippen molar-refractivity contribution in [1.29, 1.82) is 0 Å². The van der Waals surface area contributed by atoms with Crippen LogP contribution in [0.4, 0.5) is 32.0 Å². The van der Waals surface area contributed by atoms with E-state index in [-0.39, 0.29) is 5.69 Å². The number of hydrogen-bond donors (Lipinski definition) is 1. The van der Waals surface area contributed by atoms with Crippen LogP contribution in [0.5, 0.6) is 11.5 Å². The highest BCUT2D eigenvalue weighted by Crippen LogP contribution is 2.32. The molecule has 0 spiro atoms. The molecule has 19 heavy (non-hydrogen) atoms. The summed E-state index contributed by atoms with van der Waals surface area (Å²) in [6.45, 7) is -3.29. The molecule has 1 rings (SSSR count). The van der Waals surface area contributed by atoms with Crippen molar-refractivity contribution in [2.24, 2.45) is 0 Å². The highest BCUT2D eigenvalue weighted by molar-refractivity contribution is 5.52. The normalized spacial score (nSPS) is 12.3. The zero-order chi connectivity index (χ0) is 14.7. The van der Waals surface area contributed by atoms with Crippen molar-refractivity contribution in [2.75, 3.05) is 18.9 Å². The molecule has 0 aliphatic carbocycles. The van der Waals surface area contributed by atoms with Gasteiger partial charge in [-0.2, -0.15) is 26.3 Å². The summed E-state index contributed by atoms with van der Waals surface area (Å²) in [5.74, 6) is -0.961. The number of nitrogen functional groups attached to an aromatic ring is 1. The van der Waals surface area contributed by atoms with Crippen LogP contribution in [0, 0.1) is 0 Å². The maximum absolute atomic E-state index is 12.0. The number of halogens is 6. The van der Waals surface area contributed by atoms with Gasteiger partial charge in [-0.3, -0.25) is 0 Å². The van der Waals surface area contributed by atoms with Gasteiger partial charge >= 0.3 is 12.4 Å². The Morgan fingerprint density at radius 1 is 0.842 bits per heavy atom. The molecule has 0 saturated carbocycles. The van der Waals surface area contributed by atoms with E-state index in [4.69, 9.17) is 5.73 Å². The van der Waals surface area contributed by atoms with Crippen LogP contribution in [0.15, 0.2) is 18.2 Å². The van der Waals surface area contributed by atoms with Crippen molar-refractivity contribution in [1.82, 2.24) is 0 Å².